The van der Waals surface area contributed by atoms with Gasteiger partial charge in [0, 0.05) is 24.0 Å². The zero-order valence-electron chi connectivity index (χ0n) is 16.3. The highest BCUT2D eigenvalue weighted by Gasteiger charge is 2.39. The summed E-state index contributed by atoms with van der Waals surface area (Å²) in [4.78, 5) is 43.0. The monoisotopic (exact) mass is 394 g/mol. The second-order valence-corrected chi connectivity index (χ2v) is 7.38. The lowest BCUT2D eigenvalue weighted by atomic mass is 9.88. The van der Waals surface area contributed by atoms with Gasteiger partial charge in [0.25, 0.3) is 0 Å². The van der Waals surface area contributed by atoms with E-state index in [1.54, 1.807) is 48.0 Å². The van der Waals surface area contributed by atoms with Crippen molar-refractivity contribution < 1.29 is 14.4 Å². The third-order valence-electron chi connectivity index (χ3n) is 5.63. The Labute approximate surface area is 173 Å². The average molecular weight is 394 g/mol. The van der Waals surface area contributed by atoms with Gasteiger partial charge in [0.1, 0.15) is 5.69 Å². The maximum absolute atomic E-state index is 13.4. The molecule has 2 aromatic heterocycles. The fraction of sp³-hybridized carbons (Fsp3) is 0.0800. The van der Waals surface area contributed by atoms with Crippen LogP contribution in [0.3, 0.4) is 0 Å². The summed E-state index contributed by atoms with van der Waals surface area (Å²) in [6.45, 7) is 2.19. The number of aromatic nitrogens is 2. The molecule has 30 heavy (non-hydrogen) atoms. The number of aromatic amines is 1. The van der Waals surface area contributed by atoms with Gasteiger partial charge in [-0.2, -0.15) is 0 Å². The lowest BCUT2D eigenvalue weighted by Gasteiger charge is -2.15. The SMILES string of the molecule is Cc1c(C(=O)c2ccccc2)c2c(n1Cc1ccccc1)C(=O)c1[nH]ccc1C2=O. The number of fused-ring (bicyclic) bond motifs is 2. The molecule has 5 nitrogen and oxygen atoms in total. The first-order valence-electron chi connectivity index (χ1n) is 9.71. The van der Waals surface area contributed by atoms with Gasteiger partial charge in [-0.25, -0.2) is 0 Å². The van der Waals surface area contributed by atoms with Crippen LogP contribution in [-0.4, -0.2) is 26.9 Å². The van der Waals surface area contributed by atoms with E-state index in [4.69, 9.17) is 0 Å². The second-order valence-electron chi connectivity index (χ2n) is 7.38. The minimum absolute atomic E-state index is 0.203. The molecule has 0 fully saturated rings. The number of rotatable bonds is 4. The smallest absolute Gasteiger partial charge is 0.227 e. The molecule has 1 aliphatic carbocycles. The zero-order valence-corrected chi connectivity index (χ0v) is 16.3. The molecule has 0 saturated carbocycles. The molecule has 1 aliphatic rings. The van der Waals surface area contributed by atoms with Gasteiger partial charge < -0.3 is 9.55 Å². The van der Waals surface area contributed by atoms with Crippen LogP contribution < -0.4 is 0 Å². The van der Waals surface area contributed by atoms with E-state index in [2.05, 4.69) is 4.98 Å². The van der Waals surface area contributed by atoms with E-state index < -0.39 is 0 Å². The van der Waals surface area contributed by atoms with E-state index in [0.717, 1.165) is 5.56 Å². The summed E-state index contributed by atoms with van der Waals surface area (Å²) < 4.78 is 1.80. The molecular weight excluding hydrogens is 376 g/mol. The molecule has 2 heterocycles. The molecule has 5 rings (SSSR count). The van der Waals surface area contributed by atoms with Gasteiger partial charge in [0.05, 0.1) is 22.4 Å². The molecule has 0 atom stereocenters. The number of hydrogen-bond donors (Lipinski definition) is 1. The van der Waals surface area contributed by atoms with Crippen LogP contribution in [0, 0.1) is 6.92 Å². The molecule has 0 amide bonds. The van der Waals surface area contributed by atoms with Crippen molar-refractivity contribution in [3.63, 3.8) is 0 Å². The lowest BCUT2D eigenvalue weighted by Crippen LogP contribution is -2.23. The van der Waals surface area contributed by atoms with E-state index >= 15 is 0 Å². The highest BCUT2D eigenvalue weighted by Crippen LogP contribution is 2.34. The molecule has 0 spiro atoms. The number of benzene rings is 2. The summed E-state index contributed by atoms with van der Waals surface area (Å²) in [5.41, 5.74) is 3.45. The van der Waals surface area contributed by atoms with Crippen molar-refractivity contribution in [1.82, 2.24) is 9.55 Å². The third kappa shape index (κ3) is 2.59. The van der Waals surface area contributed by atoms with Crippen LogP contribution in [0.2, 0.25) is 0 Å². The van der Waals surface area contributed by atoms with E-state index in [1.807, 2.05) is 36.4 Å². The normalized spacial score (nSPS) is 12.6. The van der Waals surface area contributed by atoms with Crippen molar-refractivity contribution in [3.8, 4) is 0 Å². The zero-order chi connectivity index (χ0) is 20.8. The number of nitrogens with one attached hydrogen (secondary N) is 1. The molecule has 0 bridgehead atoms. The maximum atomic E-state index is 13.4. The largest absolute Gasteiger partial charge is 0.358 e. The summed E-state index contributed by atoms with van der Waals surface area (Å²) in [5.74, 6) is -0.818. The Balaban J connectivity index is 1.76. The molecule has 0 radical (unpaired) electrons. The standard InChI is InChI=1S/C25H18N2O3/c1-15-19(23(28)17-10-6-3-7-11-17)20-22(27(15)14-16-8-4-2-5-9-16)25(30)21-18(24(20)29)12-13-26-21/h2-13,26H,14H2,1H3. The van der Waals surface area contributed by atoms with Crippen LogP contribution in [0.1, 0.15) is 59.3 Å². The van der Waals surface area contributed by atoms with Gasteiger partial charge in [-0.3, -0.25) is 14.4 Å². The number of hydrogen-bond acceptors (Lipinski definition) is 3. The average Bonchev–Trinajstić information content (AvgIpc) is 3.37. The van der Waals surface area contributed by atoms with E-state index in [9.17, 15) is 14.4 Å². The molecule has 5 heteroatoms. The Hall–Kier alpha value is -3.99. The number of carbonyl (C=O) groups excluding carboxylic acids is 3. The second kappa shape index (κ2) is 6.81. The first kappa shape index (κ1) is 18.1. The summed E-state index contributed by atoms with van der Waals surface area (Å²) >= 11 is 0. The number of nitrogens with zero attached hydrogens (tertiary/aromatic N) is 1. The topological polar surface area (TPSA) is 71.9 Å². The number of carbonyl (C=O) groups is 3. The summed E-state index contributed by atoms with van der Waals surface area (Å²) in [6.07, 6.45) is 1.58. The highest BCUT2D eigenvalue weighted by atomic mass is 16.1. The van der Waals surface area contributed by atoms with Gasteiger partial charge in [-0.1, -0.05) is 60.7 Å². The van der Waals surface area contributed by atoms with Crippen molar-refractivity contribution in [2.75, 3.05) is 0 Å². The Bertz CT molecular complexity index is 1310. The first-order valence-corrected chi connectivity index (χ1v) is 9.71. The molecule has 0 saturated heterocycles. The van der Waals surface area contributed by atoms with Gasteiger partial charge in [0.15, 0.2) is 11.6 Å². The Morgan fingerprint density at radius 1 is 0.900 bits per heavy atom. The van der Waals surface area contributed by atoms with Crippen molar-refractivity contribution >= 4 is 17.3 Å². The minimum Gasteiger partial charge on any atom is -0.358 e. The molecule has 0 unspecified atom stereocenters. The van der Waals surface area contributed by atoms with Crippen LogP contribution in [0.15, 0.2) is 72.9 Å². The predicted octanol–water partition coefficient (Wildman–Crippen LogP) is 4.18. The quantitative estimate of drug-likeness (QED) is 0.465. The van der Waals surface area contributed by atoms with Gasteiger partial charge in [-0.15, -0.1) is 0 Å². The predicted molar refractivity (Wildman–Crippen MR) is 112 cm³/mol. The number of H-pyrrole nitrogens is 1. The van der Waals surface area contributed by atoms with Gasteiger partial charge in [0.2, 0.25) is 5.78 Å². The minimum atomic E-state index is -0.296. The van der Waals surface area contributed by atoms with Crippen LogP contribution in [0.5, 0.6) is 0 Å². The van der Waals surface area contributed by atoms with Crippen LogP contribution >= 0.6 is 0 Å². The Morgan fingerprint density at radius 2 is 1.57 bits per heavy atom. The summed E-state index contributed by atoms with van der Waals surface area (Å²) in [6, 6.07) is 20.1. The highest BCUT2D eigenvalue weighted by molar-refractivity contribution is 6.31. The fourth-order valence-corrected chi connectivity index (χ4v) is 4.17. The first-order chi connectivity index (χ1) is 14.6. The fourth-order valence-electron chi connectivity index (χ4n) is 4.17. The van der Waals surface area contributed by atoms with Gasteiger partial charge in [-0.05, 0) is 18.6 Å². The molecule has 0 aliphatic heterocycles. The molecule has 4 aromatic rings. The third-order valence-corrected chi connectivity index (χ3v) is 5.63. The lowest BCUT2D eigenvalue weighted by molar-refractivity contribution is 0.0967. The van der Waals surface area contributed by atoms with Crippen molar-refractivity contribution in [1.29, 1.82) is 0 Å². The summed E-state index contributed by atoms with van der Waals surface area (Å²) in [7, 11) is 0. The maximum Gasteiger partial charge on any atom is 0.227 e. The number of ketones is 3. The van der Waals surface area contributed by atoms with E-state index in [0.29, 0.717) is 28.9 Å². The Kier molecular flexibility index (Phi) is 4.10. The van der Waals surface area contributed by atoms with E-state index in [-0.39, 0.29) is 34.3 Å². The molecule has 146 valence electrons. The summed E-state index contributed by atoms with van der Waals surface area (Å²) in [5, 5.41) is 0. The van der Waals surface area contributed by atoms with E-state index in [1.165, 1.54) is 0 Å². The molecule has 1 N–H and O–H groups in total. The van der Waals surface area contributed by atoms with Crippen LogP contribution in [0.4, 0.5) is 0 Å². The molecular formula is C25H18N2O3. The van der Waals surface area contributed by atoms with Crippen LogP contribution in [-0.2, 0) is 6.54 Å². The van der Waals surface area contributed by atoms with Crippen molar-refractivity contribution in [2.24, 2.45) is 0 Å². The molecule has 2 aromatic carbocycles. The van der Waals surface area contributed by atoms with Gasteiger partial charge >= 0.3 is 0 Å². The van der Waals surface area contributed by atoms with Crippen molar-refractivity contribution in [2.45, 2.75) is 13.5 Å². The van der Waals surface area contributed by atoms with Crippen molar-refractivity contribution in [3.05, 3.63) is 118 Å². The Morgan fingerprint density at radius 3 is 2.27 bits per heavy atom. The van der Waals surface area contributed by atoms with Crippen LogP contribution in [0.25, 0.3) is 0 Å².